The summed E-state index contributed by atoms with van der Waals surface area (Å²) in [5, 5.41) is 0. The highest BCUT2D eigenvalue weighted by atomic mass is 15.4. The lowest BCUT2D eigenvalue weighted by Crippen LogP contribution is -2.48. The van der Waals surface area contributed by atoms with Crippen LogP contribution in [0.25, 0.3) is 0 Å². The third kappa shape index (κ3) is 7.90. The van der Waals surface area contributed by atoms with Crippen LogP contribution in [0.15, 0.2) is 30.3 Å². The van der Waals surface area contributed by atoms with Crippen LogP contribution in [0.4, 0.5) is 0 Å². The minimum Gasteiger partial charge on any atom is -0.317 e. The number of hydrogen-bond acceptors (Lipinski definition) is 0. The number of benzene rings is 1. The molecule has 0 radical (unpaired) electrons. The van der Waals surface area contributed by atoms with E-state index >= 15 is 0 Å². The SMILES string of the molecule is CCCCCCCCCCCCCC[N+]1(C(CC)c2ccccc2)CCCC1. The van der Waals surface area contributed by atoms with Gasteiger partial charge in [0.25, 0.3) is 0 Å². The van der Waals surface area contributed by atoms with E-state index in [0.717, 1.165) is 6.04 Å². The fourth-order valence-corrected chi connectivity index (χ4v) is 5.54. The second-order valence-electron chi connectivity index (χ2n) is 9.32. The van der Waals surface area contributed by atoms with Gasteiger partial charge in [0.05, 0.1) is 19.6 Å². The van der Waals surface area contributed by atoms with E-state index in [-0.39, 0.29) is 0 Å². The van der Waals surface area contributed by atoms with E-state index in [1.165, 1.54) is 120 Å². The molecule has 1 saturated heterocycles. The monoisotopic (exact) mass is 386 g/mol. The summed E-state index contributed by atoms with van der Waals surface area (Å²) in [6.07, 6.45) is 21.5. The van der Waals surface area contributed by atoms with Crippen molar-refractivity contribution in [3.63, 3.8) is 0 Å². The highest BCUT2D eigenvalue weighted by Crippen LogP contribution is 2.36. The molecule has 0 amide bonds. The summed E-state index contributed by atoms with van der Waals surface area (Å²) in [5.41, 5.74) is 1.57. The van der Waals surface area contributed by atoms with E-state index in [9.17, 15) is 0 Å². The molecule has 1 heteroatoms. The Bertz CT molecular complexity index is 474. The molecule has 0 N–H and O–H groups in total. The predicted molar refractivity (Wildman–Crippen MR) is 125 cm³/mol. The van der Waals surface area contributed by atoms with Crippen molar-refractivity contribution < 1.29 is 4.48 Å². The Kier molecular flexibility index (Phi) is 11.9. The van der Waals surface area contributed by atoms with Crippen molar-refractivity contribution in [3.8, 4) is 0 Å². The fourth-order valence-electron chi connectivity index (χ4n) is 5.54. The van der Waals surface area contributed by atoms with E-state index in [1.807, 2.05) is 0 Å². The zero-order valence-electron chi connectivity index (χ0n) is 19.1. The van der Waals surface area contributed by atoms with E-state index in [2.05, 4.69) is 44.2 Å². The summed E-state index contributed by atoms with van der Waals surface area (Å²) >= 11 is 0. The summed E-state index contributed by atoms with van der Waals surface area (Å²) in [4.78, 5) is 0. The van der Waals surface area contributed by atoms with Crippen LogP contribution in [0, 0.1) is 0 Å². The second kappa shape index (κ2) is 14.2. The van der Waals surface area contributed by atoms with Crippen molar-refractivity contribution in [2.24, 2.45) is 0 Å². The standard InChI is InChI=1S/C27H48N/c1-3-5-6-7-8-9-10-11-12-13-14-18-23-28(24-19-20-25-28)27(4-2)26-21-16-15-17-22-26/h15-17,21-22,27H,3-14,18-20,23-25H2,1-2H3/q+1. The molecule has 1 aromatic rings. The molecule has 1 aliphatic heterocycles. The van der Waals surface area contributed by atoms with Crippen molar-refractivity contribution in [2.75, 3.05) is 19.6 Å². The quantitative estimate of drug-likeness (QED) is 0.197. The topological polar surface area (TPSA) is 0 Å². The first kappa shape index (κ1) is 23.5. The first-order valence-corrected chi connectivity index (χ1v) is 12.7. The number of rotatable bonds is 16. The number of quaternary nitrogens is 1. The molecule has 0 spiro atoms. The molecule has 0 bridgehead atoms. The normalized spacial score (nSPS) is 17.1. The van der Waals surface area contributed by atoms with Gasteiger partial charge in [-0.25, -0.2) is 0 Å². The summed E-state index contributed by atoms with van der Waals surface area (Å²) in [6.45, 7) is 8.93. The lowest BCUT2D eigenvalue weighted by molar-refractivity contribution is -0.946. The first-order valence-electron chi connectivity index (χ1n) is 12.7. The average molecular weight is 387 g/mol. The molecule has 1 fully saturated rings. The van der Waals surface area contributed by atoms with Crippen LogP contribution in [-0.2, 0) is 0 Å². The lowest BCUT2D eigenvalue weighted by Gasteiger charge is -2.42. The van der Waals surface area contributed by atoms with Crippen molar-refractivity contribution in [1.82, 2.24) is 0 Å². The van der Waals surface area contributed by atoms with Crippen LogP contribution in [-0.4, -0.2) is 24.1 Å². The van der Waals surface area contributed by atoms with Crippen molar-refractivity contribution >= 4 is 0 Å². The molecule has 2 rings (SSSR count). The Balaban J connectivity index is 1.62. The van der Waals surface area contributed by atoms with Crippen molar-refractivity contribution in [3.05, 3.63) is 35.9 Å². The largest absolute Gasteiger partial charge is 0.317 e. The van der Waals surface area contributed by atoms with E-state index in [1.54, 1.807) is 5.56 Å². The van der Waals surface area contributed by atoms with Gasteiger partial charge in [0.15, 0.2) is 0 Å². The van der Waals surface area contributed by atoms with Crippen LogP contribution >= 0.6 is 0 Å². The summed E-state index contributed by atoms with van der Waals surface area (Å²) in [5.74, 6) is 0. The van der Waals surface area contributed by atoms with E-state index in [0.29, 0.717) is 0 Å². The van der Waals surface area contributed by atoms with Gasteiger partial charge in [-0.15, -0.1) is 0 Å². The summed E-state index contributed by atoms with van der Waals surface area (Å²) in [6, 6.07) is 12.1. The van der Waals surface area contributed by atoms with Crippen LogP contribution in [0.2, 0.25) is 0 Å². The Morgan fingerprint density at radius 3 is 1.68 bits per heavy atom. The minimum atomic E-state index is 0.719. The Morgan fingerprint density at radius 1 is 0.679 bits per heavy atom. The maximum Gasteiger partial charge on any atom is 0.114 e. The Labute approximate surface area is 176 Å². The number of hydrogen-bond donors (Lipinski definition) is 0. The molecule has 0 aliphatic carbocycles. The maximum atomic E-state index is 2.40. The average Bonchev–Trinajstić information content (AvgIpc) is 3.20. The highest BCUT2D eigenvalue weighted by Gasteiger charge is 2.39. The number of likely N-dealkylation sites (tertiary alicyclic amines) is 1. The molecule has 1 atom stereocenters. The highest BCUT2D eigenvalue weighted by molar-refractivity contribution is 5.17. The summed E-state index contributed by atoms with van der Waals surface area (Å²) < 4.78 is 1.37. The molecule has 0 aromatic heterocycles. The molecule has 1 heterocycles. The second-order valence-corrected chi connectivity index (χ2v) is 9.32. The molecule has 28 heavy (non-hydrogen) atoms. The van der Waals surface area contributed by atoms with Gasteiger partial charge < -0.3 is 4.48 Å². The third-order valence-electron chi connectivity index (χ3n) is 7.15. The van der Waals surface area contributed by atoms with Crippen LogP contribution in [0.1, 0.15) is 122 Å². The van der Waals surface area contributed by atoms with Gasteiger partial charge in [-0.05, 0) is 12.8 Å². The van der Waals surface area contributed by atoms with Crippen LogP contribution < -0.4 is 0 Å². The zero-order chi connectivity index (χ0) is 19.9. The predicted octanol–water partition coefficient (Wildman–Crippen LogP) is 8.45. The van der Waals surface area contributed by atoms with Gasteiger partial charge >= 0.3 is 0 Å². The molecular weight excluding hydrogens is 338 g/mol. The lowest BCUT2D eigenvalue weighted by atomic mass is 9.99. The minimum absolute atomic E-state index is 0.719. The molecule has 160 valence electrons. The fraction of sp³-hybridized carbons (Fsp3) is 0.778. The smallest absolute Gasteiger partial charge is 0.114 e. The Morgan fingerprint density at radius 2 is 1.18 bits per heavy atom. The number of nitrogens with zero attached hydrogens (tertiary/aromatic N) is 1. The molecular formula is C27H48N+. The van der Waals surface area contributed by atoms with Gasteiger partial charge in [-0.2, -0.15) is 0 Å². The van der Waals surface area contributed by atoms with Gasteiger partial charge in [0, 0.05) is 24.8 Å². The van der Waals surface area contributed by atoms with Gasteiger partial charge in [-0.1, -0.05) is 108 Å². The molecule has 1 nitrogen and oxygen atoms in total. The molecule has 1 aromatic carbocycles. The molecule has 1 unspecified atom stereocenters. The van der Waals surface area contributed by atoms with E-state index < -0.39 is 0 Å². The van der Waals surface area contributed by atoms with Crippen molar-refractivity contribution in [1.29, 1.82) is 0 Å². The van der Waals surface area contributed by atoms with E-state index in [4.69, 9.17) is 0 Å². The number of unbranched alkanes of at least 4 members (excludes halogenated alkanes) is 11. The summed E-state index contributed by atoms with van der Waals surface area (Å²) in [7, 11) is 0. The van der Waals surface area contributed by atoms with Crippen LogP contribution in [0.3, 0.4) is 0 Å². The van der Waals surface area contributed by atoms with Gasteiger partial charge in [0.1, 0.15) is 6.04 Å². The first-order chi connectivity index (χ1) is 13.8. The van der Waals surface area contributed by atoms with Crippen LogP contribution in [0.5, 0.6) is 0 Å². The van der Waals surface area contributed by atoms with Gasteiger partial charge in [0.2, 0.25) is 0 Å². The zero-order valence-corrected chi connectivity index (χ0v) is 19.1. The van der Waals surface area contributed by atoms with Crippen molar-refractivity contribution in [2.45, 2.75) is 116 Å². The maximum absolute atomic E-state index is 2.40. The molecule has 0 saturated carbocycles. The Hall–Kier alpha value is -0.820. The third-order valence-corrected chi connectivity index (χ3v) is 7.15. The molecule has 1 aliphatic rings. The van der Waals surface area contributed by atoms with Gasteiger partial charge in [-0.3, -0.25) is 0 Å².